The van der Waals surface area contributed by atoms with Crippen LogP contribution < -0.4 is 0 Å². The molecule has 1 saturated heterocycles. The number of ether oxygens (including phenoxy) is 2. The standard InChI is InChI=1S/C20H24O6/c1-9(2)8-14(22)25-18-15-11(4)19(24)26-17(15)16(23)10(3)12-6-7-13(21)20(12,18)5/h6-8,10,12,15-18,23H,4H2,1-3,5H3/t10-,12-,15+,16+,17-,18?,20-/m0/s1. The molecule has 2 fully saturated rings. The van der Waals surface area contributed by atoms with Crippen LogP contribution in [0.25, 0.3) is 0 Å². The molecule has 26 heavy (non-hydrogen) atoms. The maximum Gasteiger partial charge on any atom is 0.334 e. The Kier molecular flexibility index (Phi) is 4.43. The zero-order valence-electron chi connectivity index (χ0n) is 15.4. The Morgan fingerprint density at radius 1 is 1.38 bits per heavy atom. The second kappa shape index (κ2) is 6.20. The Morgan fingerprint density at radius 3 is 2.65 bits per heavy atom. The Morgan fingerprint density at radius 2 is 2.04 bits per heavy atom. The molecule has 2 aliphatic carbocycles. The normalized spacial score (nSPS) is 41.2. The summed E-state index contributed by atoms with van der Waals surface area (Å²) in [5.41, 5.74) is -0.219. The van der Waals surface area contributed by atoms with E-state index >= 15 is 0 Å². The molecule has 3 aliphatic rings. The fourth-order valence-electron chi connectivity index (χ4n) is 4.51. The smallest absolute Gasteiger partial charge is 0.334 e. The van der Waals surface area contributed by atoms with Crippen molar-refractivity contribution in [3.8, 4) is 0 Å². The molecule has 0 spiro atoms. The molecule has 1 N–H and O–H groups in total. The highest BCUT2D eigenvalue weighted by Gasteiger charge is 2.64. The van der Waals surface area contributed by atoms with Crippen molar-refractivity contribution in [2.75, 3.05) is 0 Å². The third-order valence-electron chi connectivity index (χ3n) is 5.95. The molecule has 6 nitrogen and oxygen atoms in total. The van der Waals surface area contributed by atoms with Gasteiger partial charge in [0.2, 0.25) is 0 Å². The van der Waals surface area contributed by atoms with E-state index in [0.29, 0.717) is 0 Å². The second-order valence-electron chi connectivity index (χ2n) is 7.88. The first kappa shape index (κ1) is 18.6. The van der Waals surface area contributed by atoms with Crippen molar-refractivity contribution in [2.24, 2.45) is 23.2 Å². The van der Waals surface area contributed by atoms with Crippen molar-refractivity contribution in [3.05, 3.63) is 36.0 Å². The molecule has 0 amide bonds. The van der Waals surface area contributed by atoms with E-state index in [9.17, 15) is 19.5 Å². The molecule has 0 aromatic rings. The fraction of sp³-hybridized carbons (Fsp3) is 0.550. The largest absolute Gasteiger partial charge is 0.457 e. The van der Waals surface area contributed by atoms with Gasteiger partial charge in [-0.05, 0) is 38.7 Å². The van der Waals surface area contributed by atoms with Crippen molar-refractivity contribution in [1.82, 2.24) is 0 Å². The number of fused-ring (bicyclic) bond motifs is 2. The molecule has 1 saturated carbocycles. The van der Waals surface area contributed by atoms with Crippen molar-refractivity contribution >= 4 is 17.7 Å². The Hall–Kier alpha value is -2.21. The zero-order chi connectivity index (χ0) is 19.4. The van der Waals surface area contributed by atoms with E-state index in [0.717, 1.165) is 5.57 Å². The summed E-state index contributed by atoms with van der Waals surface area (Å²) in [5, 5.41) is 10.8. The van der Waals surface area contributed by atoms with E-state index in [1.165, 1.54) is 12.2 Å². The van der Waals surface area contributed by atoms with Crippen LogP contribution in [0.3, 0.4) is 0 Å². The molecule has 0 bridgehead atoms. The molecule has 6 heteroatoms. The summed E-state index contributed by atoms with van der Waals surface area (Å²) in [4.78, 5) is 37.3. The van der Waals surface area contributed by atoms with Crippen LogP contribution in [0.4, 0.5) is 0 Å². The molecule has 0 radical (unpaired) electrons. The van der Waals surface area contributed by atoms with Gasteiger partial charge in [0.05, 0.1) is 17.4 Å². The number of aliphatic hydroxyl groups excluding tert-OH is 1. The van der Waals surface area contributed by atoms with Gasteiger partial charge in [-0.25, -0.2) is 9.59 Å². The third-order valence-corrected chi connectivity index (χ3v) is 5.95. The van der Waals surface area contributed by atoms with Crippen LogP contribution in [0, 0.1) is 23.2 Å². The van der Waals surface area contributed by atoms with E-state index < -0.39 is 41.6 Å². The number of rotatable bonds is 2. The minimum absolute atomic E-state index is 0.123. The van der Waals surface area contributed by atoms with Gasteiger partial charge in [0.1, 0.15) is 12.2 Å². The highest BCUT2D eigenvalue weighted by atomic mass is 16.6. The third kappa shape index (κ3) is 2.55. The summed E-state index contributed by atoms with van der Waals surface area (Å²) < 4.78 is 11.1. The minimum atomic E-state index is -1.10. The number of allylic oxidation sites excluding steroid dienone is 3. The minimum Gasteiger partial charge on any atom is -0.457 e. The molecule has 1 heterocycles. The first-order valence-electron chi connectivity index (χ1n) is 8.75. The molecule has 0 aromatic heterocycles. The number of aliphatic hydroxyl groups is 1. The van der Waals surface area contributed by atoms with Crippen LogP contribution in [0.1, 0.15) is 27.7 Å². The summed E-state index contributed by atoms with van der Waals surface area (Å²) in [7, 11) is 0. The van der Waals surface area contributed by atoms with Crippen molar-refractivity contribution in [1.29, 1.82) is 0 Å². The number of carbonyl (C=O) groups excluding carboxylic acids is 3. The molecule has 7 atom stereocenters. The van der Waals surface area contributed by atoms with E-state index in [4.69, 9.17) is 9.47 Å². The highest BCUT2D eigenvalue weighted by Crippen LogP contribution is 2.54. The predicted molar refractivity (Wildman–Crippen MR) is 92.7 cm³/mol. The van der Waals surface area contributed by atoms with Gasteiger partial charge in [0.25, 0.3) is 0 Å². The lowest BCUT2D eigenvalue weighted by Crippen LogP contribution is -2.49. The van der Waals surface area contributed by atoms with E-state index in [1.807, 2.05) is 6.92 Å². The quantitative estimate of drug-likeness (QED) is 0.596. The molecule has 0 aromatic carbocycles. The number of ketones is 1. The van der Waals surface area contributed by atoms with Crippen molar-refractivity contribution in [3.63, 3.8) is 0 Å². The SMILES string of the molecule is C=C1C(=O)O[C@@H]2[C@H](O)[C@@H](C)[C@@H]3C=CC(=O)[C@@]3(C)C(OC(=O)C=C(C)C)[C@H]12. The van der Waals surface area contributed by atoms with Crippen LogP contribution in [0.15, 0.2) is 36.0 Å². The van der Waals surface area contributed by atoms with Crippen LogP contribution >= 0.6 is 0 Å². The monoisotopic (exact) mass is 360 g/mol. The van der Waals surface area contributed by atoms with Gasteiger partial charge in [0, 0.05) is 11.6 Å². The van der Waals surface area contributed by atoms with E-state index in [-0.39, 0.29) is 23.2 Å². The number of esters is 2. The van der Waals surface area contributed by atoms with Crippen molar-refractivity contribution < 1.29 is 29.0 Å². The van der Waals surface area contributed by atoms with Crippen LogP contribution in [0.5, 0.6) is 0 Å². The first-order valence-corrected chi connectivity index (χ1v) is 8.75. The van der Waals surface area contributed by atoms with E-state index in [2.05, 4.69) is 6.58 Å². The number of hydrogen-bond acceptors (Lipinski definition) is 6. The highest BCUT2D eigenvalue weighted by molar-refractivity contribution is 5.99. The first-order chi connectivity index (χ1) is 12.1. The van der Waals surface area contributed by atoms with Crippen molar-refractivity contribution in [2.45, 2.75) is 46.0 Å². The predicted octanol–water partition coefficient (Wildman–Crippen LogP) is 1.73. The fourth-order valence-corrected chi connectivity index (χ4v) is 4.51. The summed E-state index contributed by atoms with van der Waals surface area (Å²) in [6.45, 7) is 10.8. The molecular weight excluding hydrogens is 336 g/mol. The number of hydrogen-bond donors (Lipinski definition) is 1. The molecule has 140 valence electrons. The Balaban J connectivity index is 2.12. The van der Waals surface area contributed by atoms with Crippen LogP contribution in [-0.4, -0.2) is 41.1 Å². The van der Waals surface area contributed by atoms with Gasteiger partial charge in [-0.1, -0.05) is 25.2 Å². The topological polar surface area (TPSA) is 89.9 Å². The Labute approximate surface area is 152 Å². The molecule has 1 aliphatic heterocycles. The average Bonchev–Trinajstić information content (AvgIpc) is 2.99. The summed E-state index contributed by atoms with van der Waals surface area (Å²) in [6.07, 6.45) is 1.72. The summed E-state index contributed by atoms with van der Waals surface area (Å²) in [6, 6.07) is 0. The lowest BCUT2D eigenvalue weighted by Gasteiger charge is -2.39. The molecule has 3 rings (SSSR count). The van der Waals surface area contributed by atoms with Crippen LogP contribution in [-0.2, 0) is 23.9 Å². The Bertz CT molecular complexity index is 743. The zero-order valence-corrected chi connectivity index (χ0v) is 15.4. The van der Waals surface area contributed by atoms with Gasteiger partial charge in [0.15, 0.2) is 5.78 Å². The van der Waals surface area contributed by atoms with Gasteiger partial charge in [-0.3, -0.25) is 4.79 Å². The maximum atomic E-state index is 12.8. The lowest BCUT2D eigenvalue weighted by molar-refractivity contribution is -0.160. The maximum absolute atomic E-state index is 12.8. The summed E-state index contributed by atoms with van der Waals surface area (Å²) >= 11 is 0. The van der Waals surface area contributed by atoms with Gasteiger partial charge in [-0.2, -0.15) is 0 Å². The van der Waals surface area contributed by atoms with Crippen LogP contribution in [0.2, 0.25) is 0 Å². The van der Waals surface area contributed by atoms with Gasteiger partial charge < -0.3 is 14.6 Å². The number of carbonyl (C=O) groups is 3. The molecular formula is C20H24O6. The molecule has 1 unspecified atom stereocenters. The van der Waals surface area contributed by atoms with Gasteiger partial charge in [-0.15, -0.1) is 0 Å². The van der Waals surface area contributed by atoms with E-state index in [1.54, 1.807) is 26.8 Å². The second-order valence-corrected chi connectivity index (χ2v) is 7.88. The summed E-state index contributed by atoms with van der Waals surface area (Å²) in [5.74, 6) is -2.88. The average molecular weight is 360 g/mol. The lowest BCUT2D eigenvalue weighted by atomic mass is 9.67. The van der Waals surface area contributed by atoms with Gasteiger partial charge >= 0.3 is 11.9 Å².